The van der Waals surface area contributed by atoms with Crippen LogP contribution in [0.4, 0.5) is 5.69 Å². The van der Waals surface area contributed by atoms with E-state index in [0.717, 1.165) is 50.0 Å². The fraction of sp³-hybridized carbons (Fsp3) is 0.458. The lowest BCUT2D eigenvalue weighted by Crippen LogP contribution is -2.66. The number of anilines is 1. The standard InChI is InChI=1S/C24H27Cl2N5O2/c1-28-11-7-17-20(5-4-18(25)21(17)23(28)33)29(2)16-12-24(13-16)14-30(15-24)9-3-10-31-22(32)19(26)6-8-27-31/h4-8,11,16H,3,9-10,12-15H2,1-2H3. The molecule has 0 amide bonds. The minimum atomic E-state index is -0.225. The number of hydrogen-bond donors (Lipinski definition) is 0. The van der Waals surface area contributed by atoms with Crippen LogP contribution in [0.1, 0.15) is 19.3 Å². The van der Waals surface area contributed by atoms with Gasteiger partial charge in [0.05, 0.1) is 10.4 Å². The number of nitrogens with zero attached hydrogens (tertiary/aromatic N) is 5. The van der Waals surface area contributed by atoms with Gasteiger partial charge in [0.25, 0.3) is 11.1 Å². The number of aromatic nitrogens is 3. The van der Waals surface area contributed by atoms with Crippen LogP contribution in [-0.2, 0) is 13.6 Å². The molecule has 33 heavy (non-hydrogen) atoms. The fourth-order valence-electron chi connectivity index (χ4n) is 5.46. The first-order valence-electron chi connectivity index (χ1n) is 11.2. The summed E-state index contributed by atoms with van der Waals surface area (Å²) in [6, 6.07) is 7.81. The molecule has 1 aromatic carbocycles. The lowest BCUT2D eigenvalue weighted by Gasteiger charge is -2.61. The SMILES string of the molecule is CN(c1ccc(Cl)c2c(=O)n(C)ccc12)C1CC2(C1)CN(CCCn1nccc(Cl)c1=O)C2. The second-order valence-corrected chi connectivity index (χ2v) is 10.3. The Balaban J connectivity index is 1.17. The van der Waals surface area contributed by atoms with Crippen molar-refractivity contribution in [2.45, 2.75) is 31.8 Å². The average Bonchev–Trinajstić information content (AvgIpc) is 2.73. The molecule has 1 saturated carbocycles. The summed E-state index contributed by atoms with van der Waals surface area (Å²) in [5.41, 5.74) is 1.16. The van der Waals surface area contributed by atoms with Crippen molar-refractivity contribution in [2.24, 2.45) is 12.5 Å². The zero-order valence-electron chi connectivity index (χ0n) is 18.8. The molecule has 0 atom stereocenters. The van der Waals surface area contributed by atoms with Gasteiger partial charge >= 0.3 is 0 Å². The van der Waals surface area contributed by atoms with Crippen LogP contribution in [0.2, 0.25) is 10.0 Å². The maximum atomic E-state index is 12.6. The van der Waals surface area contributed by atoms with Gasteiger partial charge in [-0.1, -0.05) is 23.2 Å². The van der Waals surface area contributed by atoms with E-state index in [-0.39, 0.29) is 16.1 Å². The Morgan fingerprint density at radius 2 is 1.82 bits per heavy atom. The highest BCUT2D eigenvalue weighted by Gasteiger charge is 2.53. The molecule has 0 N–H and O–H groups in total. The smallest absolute Gasteiger partial charge is 0.285 e. The molecular weight excluding hydrogens is 461 g/mol. The van der Waals surface area contributed by atoms with Crippen molar-refractivity contribution < 1.29 is 0 Å². The molecule has 0 unspecified atom stereocenters. The monoisotopic (exact) mass is 487 g/mol. The molecule has 7 nitrogen and oxygen atoms in total. The summed E-state index contributed by atoms with van der Waals surface area (Å²) in [7, 11) is 3.86. The van der Waals surface area contributed by atoms with Crippen LogP contribution in [0.5, 0.6) is 0 Å². The van der Waals surface area contributed by atoms with Gasteiger partial charge in [-0.2, -0.15) is 5.10 Å². The van der Waals surface area contributed by atoms with Crippen LogP contribution in [0.15, 0.2) is 46.2 Å². The van der Waals surface area contributed by atoms with Crippen molar-refractivity contribution in [1.29, 1.82) is 0 Å². The number of aryl methyl sites for hydroxylation is 2. The lowest BCUT2D eigenvalue weighted by atomic mass is 9.60. The summed E-state index contributed by atoms with van der Waals surface area (Å²) in [6.07, 6.45) is 6.53. The molecule has 0 radical (unpaired) electrons. The van der Waals surface area contributed by atoms with Crippen LogP contribution in [0.25, 0.3) is 10.8 Å². The van der Waals surface area contributed by atoms with E-state index in [9.17, 15) is 9.59 Å². The maximum Gasteiger partial charge on any atom is 0.285 e. The summed E-state index contributed by atoms with van der Waals surface area (Å²) in [5, 5.41) is 6.31. The molecule has 3 heterocycles. The largest absolute Gasteiger partial charge is 0.371 e. The topological polar surface area (TPSA) is 63.4 Å². The van der Waals surface area contributed by atoms with Crippen LogP contribution in [0, 0.1) is 5.41 Å². The molecule has 2 aromatic heterocycles. The van der Waals surface area contributed by atoms with Crippen molar-refractivity contribution in [1.82, 2.24) is 19.2 Å². The first kappa shape index (κ1) is 22.4. The van der Waals surface area contributed by atoms with E-state index in [1.807, 2.05) is 18.2 Å². The number of pyridine rings is 1. The molecular formula is C24H27Cl2N5O2. The highest BCUT2D eigenvalue weighted by Crippen LogP contribution is 2.51. The van der Waals surface area contributed by atoms with Crippen LogP contribution in [-0.4, -0.2) is 52.0 Å². The number of hydrogen-bond acceptors (Lipinski definition) is 5. The van der Waals surface area contributed by atoms with Gasteiger partial charge in [0.2, 0.25) is 0 Å². The zero-order chi connectivity index (χ0) is 23.3. The summed E-state index contributed by atoms with van der Waals surface area (Å²) < 4.78 is 3.01. The Bertz CT molecular complexity index is 1320. The molecule has 9 heteroatoms. The Hall–Kier alpha value is -2.35. The molecule has 174 valence electrons. The van der Waals surface area contributed by atoms with Crippen LogP contribution >= 0.6 is 23.2 Å². The molecule has 1 aliphatic heterocycles. The molecule has 5 rings (SSSR count). The van der Waals surface area contributed by atoms with Gasteiger partial charge in [0.15, 0.2) is 0 Å². The maximum absolute atomic E-state index is 12.6. The van der Waals surface area contributed by atoms with Crippen molar-refractivity contribution in [2.75, 3.05) is 31.6 Å². The highest BCUT2D eigenvalue weighted by atomic mass is 35.5. The van der Waals surface area contributed by atoms with Gasteiger partial charge in [-0.3, -0.25) is 9.59 Å². The number of rotatable bonds is 6. The van der Waals surface area contributed by atoms with Gasteiger partial charge in [0.1, 0.15) is 5.02 Å². The summed E-state index contributed by atoms with van der Waals surface area (Å²) in [5.74, 6) is 0. The predicted molar refractivity (Wildman–Crippen MR) is 133 cm³/mol. The van der Waals surface area contributed by atoms with Gasteiger partial charge in [0, 0.05) is 63.2 Å². The lowest BCUT2D eigenvalue weighted by molar-refractivity contribution is -0.0720. The second kappa shape index (κ2) is 8.46. The fourth-order valence-corrected chi connectivity index (χ4v) is 5.86. The van der Waals surface area contributed by atoms with Gasteiger partial charge in [-0.15, -0.1) is 0 Å². The van der Waals surface area contributed by atoms with Gasteiger partial charge in [-0.25, -0.2) is 4.68 Å². The Morgan fingerprint density at radius 3 is 2.58 bits per heavy atom. The van der Waals surface area contributed by atoms with E-state index >= 15 is 0 Å². The molecule has 2 aliphatic rings. The highest BCUT2D eigenvalue weighted by molar-refractivity contribution is 6.36. The van der Waals surface area contributed by atoms with Gasteiger partial charge in [-0.05, 0) is 55.5 Å². The van der Waals surface area contributed by atoms with Crippen molar-refractivity contribution >= 4 is 39.7 Å². The minimum absolute atomic E-state index is 0.0669. The van der Waals surface area contributed by atoms with E-state index < -0.39 is 0 Å². The summed E-state index contributed by atoms with van der Waals surface area (Å²) >= 11 is 12.2. The van der Waals surface area contributed by atoms with Gasteiger partial charge < -0.3 is 14.4 Å². The Kier molecular flexibility index (Phi) is 5.75. The number of halogens is 2. The molecule has 2 fully saturated rings. The third-order valence-corrected chi connectivity index (χ3v) is 7.87. The minimum Gasteiger partial charge on any atom is -0.371 e. The third kappa shape index (κ3) is 3.96. The average molecular weight is 488 g/mol. The van der Waals surface area contributed by atoms with Crippen molar-refractivity contribution in [3.8, 4) is 0 Å². The van der Waals surface area contributed by atoms with E-state index in [0.29, 0.717) is 28.4 Å². The summed E-state index contributed by atoms with van der Waals surface area (Å²) in [4.78, 5) is 29.3. The van der Waals surface area contributed by atoms with E-state index in [2.05, 4.69) is 21.9 Å². The quantitative estimate of drug-likeness (QED) is 0.533. The normalized spacial score (nSPS) is 17.8. The molecule has 1 saturated heterocycles. The molecule has 0 bridgehead atoms. The van der Waals surface area contributed by atoms with E-state index in [1.165, 1.54) is 10.7 Å². The molecule has 1 aliphatic carbocycles. The first-order valence-corrected chi connectivity index (χ1v) is 12.0. The Labute approximate surface area is 202 Å². The molecule has 1 spiro atoms. The molecule has 3 aromatic rings. The predicted octanol–water partition coefficient (Wildman–Crippen LogP) is 3.39. The van der Waals surface area contributed by atoms with Crippen molar-refractivity contribution in [3.05, 3.63) is 67.4 Å². The number of likely N-dealkylation sites (tertiary alicyclic amines) is 1. The second-order valence-electron chi connectivity index (χ2n) is 9.53. The van der Waals surface area contributed by atoms with Crippen LogP contribution < -0.4 is 16.0 Å². The first-order chi connectivity index (χ1) is 15.8. The number of benzene rings is 1. The van der Waals surface area contributed by atoms with E-state index in [4.69, 9.17) is 23.2 Å². The number of fused-ring (bicyclic) bond motifs is 1. The zero-order valence-corrected chi connectivity index (χ0v) is 20.3. The van der Waals surface area contributed by atoms with E-state index in [1.54, 1.807) is 24.0 Å². The Morgan fingerprint density at radius 1 is 1.06 bits per heavy atom. The van der Waals surface area contributed by atoms with Crippen molar-refractivity contribution in [3.63, 3.8) is 0 Å². The third-order valence-electron chi connectivity index (χ3n) is 7.26. The summed E-state index contributed by atoms with van der Waals surface area (Å²) in [6.45, 7) is 3.72. The van der Waals surface area contributed by atoms with Crippen LogP contribution in [0.3, 0.4) is 0 Å².